The molecule has 6 nitrogen and oxygen atoms in total. The van der Waals surface area contributed by atoms with E-state index in [1.807, 2.05) is 0 Å². The van der Waals surface area contributed by atoms with Crippen LogP contribution in [0.3, 0.4) is 0 Å². The second kappa shape index (κ2) is 6.58. The average Bonchev–Trinajstić information content (AvgIpc) is 3.04. The van der Waals surface area contributed by atoms with Gasteiger partial charge in [-0.1, -0.05) is 23.1 Å². The lowest BCUT2D eigenvalue weighted by Gasteiger charge is -2.29. The van der Waals surface area contributed by atoms with Crippen LogP contribution in [0.15, 0.2) is 32.9 Å². The summed E-state index contributed by atoms with van der Waals surface area (Å²) >= 11 is 2.77. The first kappa shape index (κ1) is 16.4. The molecular formula is C14H15N3O3S3. The number of sulfone groups is 1. The third-order valence-corrected chi connectivity index (χ3v) is 6.51. The Labute approximate surface area is 142 Å². The van der Waals surface area contributed by atoms with E-state index in [2.05, 4.69) is 10.2 Å². The predicted molar refractivity (Wildman–Crippen MR) is 90.9 cm³/mol. The van der Waals surface area contributed by atoms with Gasteiger partial charge in [0.25, 0.3) is 0 Å². The summed E-state index contributed by atoms with van der Waals surface area (Å²) < 4.78 is 24.1. The van der Waals surface area contributed by atoms with Gasteiger partial charge in [-0.25, -0.2) is 8.42 Å². The number of aryl methyl sites for hydroxylation is 1. The molecule has 23 heavy (non-hydrogen) atoms. The quantitative estimate of drug-likeness (QED) is 0.767. The summed E-state index contributed by atoms with van der Waals surface area (Å²) in [4.78, 5) is 14.5. The number of rotatable bonds is 4. The fourth-order valence-corrected chi connectivity index (χ4v) is 4.53. The Morgan fingerprint density at radius 3 is 2.96 bits per heavy atom. The Balaban J connectivity index is 1.79. The third-order valence-electron chi connectivity index (χ3n) is 3.56. The molecule has 0 spiro atoms. The Kier molecular flexibility index (Phi) is 4.69. The summed E-state index contributed by atoms with van der Waals surface area (Å²) in [6.45, 7) is 0.654. The predicted octanol–water partition coefficient (Wildman–Crippen LogP) is 2.01. The van der Waals surface area contributed by atoms with Crippen LogP contribution in [0.2, 0.25) is 0 Å². The van der Waals surface area contributed by atoms with Crippen LogP contribution in [-0.2, 0) is 21.1 Å². The summed E-state index contributed by atoms with van der Waals surface area (Å²) in [5.74, 6) is 0.292. The molecule has 1 amide bonds. The Morgan fingerprint density at radius 1 is 1.43 bits per heavy atom. The van der Waals surface area contributed by atoms with Gasteiger partial charge in [-0.2, -0.15) is 0 Å². The maximum atomic E-state index is 12.5. The molecule has 122 valence electrons. The number of anilines is 1. The van der Waals surface area contributed by atoms with Crippen molar-refractivity contribution in [2.75, 3.05) is 23.5 Å². The first-order valence-corrected chi connectivity index (χ1v) is 10.7. The second-order valence-corrected chi connectivity index (χ2v) is 9.28. The summed E-state index contributed by atoms with van der Waals surface area (Å²) in [7, 11) is -3.24. The lowest BCUT2D eigenvalue weighted by atomic mass is 10.0. The summed E-state index contributed by atoms with van der Waals surface area (Å²) in [6.07, 6.45) is 2.81. The van der Waals surface area contributed by atoms with Gasteiger partial charge in [-0.3, -0.25) is 4.79 Å². The van der Waals surface area contributed by atoms with Crippen molar-refractivity contribution in [2.24, 2.45) is 0 Å². The minimum Gasteiger partial charge on any atom is -0.311 e. The molecule has 0 saturated heterocycles. The Hall–Kier alpha value is -1.45. The van der Waals surface area contributed by atoms with Crippen molar-refractivity contribution in [1.82, 2.24) is 10.2 Å². The molecule has 0 unspecified atom stereocenters. The zero-order chi connectivity index (χ0) is 16.4. The van der Waals surface area contributed by atoms with Crippen molar-refractivity contribution in [2.45, 2.75) is 22.1 Å². The number of fused-ring (bicyclic) bond motifs is 1. The van der Waals surface area contributed by atoms with Crippen LogP contribution in [0, 0.1) is 0 Å². The highest BCUT2D eigenvalue weighted by Gasteiger charge is 2.24. The van der Waals surface area contributed by atoms with E-state index in [4.69, 9.17) is 0 Å². The van der Waals surface area contributed by atoms with Crippen LogP contribution >= 0.6 is 23.1 Å². The summed E-state index contributed by atoms with van der Waals surface area (Å²) in [5, 5.41) is 7.66. The largest absolute Gasteiger partial charge is 0.311 e. The van der Waals surface area contributed by atoms with Gasteiger partial charge in [0.15, 0.2) is 14.2 Å². The van der Waals surface area contributed by atoms with Crippen LogP contribution in [0.5, 0.6) is 0 Å². The molecule has 1 aromatic heterocycles. The van der Waals surface area contributed by atoms with E-state index in [9.17, 15) is 13.2 Å². The number of benzene rings is 1. The zero-order valence-electron chi connectivity index (χ0n) is 12.4. The molecule has 1 aromatic carbocycles. The maximum Gasteiger partial charge on any atom is 0.237 e. The monoisotopic (exact) mass is 369 g/mol. The lowest BCUT2D eigenvalue weighted by molar-refractivity contribution is -0.116. The molecule has 9 heteroatoms. The van der Waals surface area contributed by atoms with Gasteiger partial charge >= 0.3 is 0 Å². The molecule has 0 fully saturated rings. The van der Waals surface area contributed by atoms with Crippen molar-refractivity contribution in [3.63, 3.8) is 0 Å². The van der Waals surface area contributed by atoms with Crippen molar-refractivity contribution in [3.8, 4) is 0 Å². The van der Waals surface area contributed by atoms with Crippen molar-refractivity contribution < 1.29 is 13.2 Å². The summed E-state index contributed by atoms with van der Waals surface area (Å²) in [5.41, 5.74) is 3.36. The Bertz CT molecular complexity index is 819. The van der Waals surface area contributed by atoms with E-state index >= 15 is 0 Å². The lowest BCUT2D eigenvalue weighted by Crippen LogP contribution is -2.36. The molecule has 3 rings (SSSR count). The molecular weight excluding hydrogens is 354 g/mol. The number of nitrogens with zero attached hydrogens (tertiary/aromatic N) is 3. The van der Waals surface area contributed by atoms with Gasteiger partial charge < -0.3 is 4.90 Å². The fraction of sp³-hybridized carbons (Fsp3) is 0.357. The van der Waals surface area contributed by atoms with E-state index in [0.29, 0.717) is 17.2 Å². The third kappa shape index (κ3) is 3.73. The minimum atomic E-state index is -3.24. The van der Waals surface area contributed by atoms with Gasteiger partial charge in [-0.05, 0) is 36.6 Å². The highest BCUT2D eigenvalue weighted by molar-refractivity contribution is 8.01. The molecule has 1 aliphatic heterocycles. The van der Waals surface area contributed by atoms with E-state index in [-0.39, 0.29) is 5.91 Å². The van der Waals surface area contributed by atoms with Gasteiger partial charge in [0.05, 0.1) is 10.6 Å². The maximum absolute atomic E-state index is 12.5. The minimum absolute atomic E-state index is 0.00162. The number of carbonyl (C=O) groups excluding carboxylic acids is 1. The van der Waals surface area contributed by atoms with Crippen LogP contribution in [-0.4, -0.2) is 43.1 Å². The molecule has 2 aromatic rings. The first-order chi connectivity index (χ1) is 10.9. The number of aromatic nitrogens is 2. The fourth-order valence-electron chi connectivity index (χ4n) is 2.49. The van der Waals surface area contributed by atoms with Crippen LogP contribution in [0.1, 0.15) is 12.0 Å². The number of hydrogen-bond acceptors (Lipinski definition) is 7. The smallest absolute Gasteiger partial charge is 0.237 e. The highest BCUT2D eigenvalue weighted by Crippen LogP contribution is 2.30. The topological polar surface area (TPSA) is 80.2 Å². The van der Waals surface area contributed by atoms with Crippen molar-refractivity contribution >= 4 is 44.5 Å². The van der Waals surface area contributed by atoms with Gasteiger partial charge in [-0.15, -0.1) is 10.2 Å². The van der Waals surface area contributed by atoms with Crippen molar-refractivity contribution in [1.29, 1.82) is 0 Å². The Morgan fingerprint density at radius 2 is 2.26 bits per heavy atom. The van der Waals surface area contributed by atoms with Gasteiger partial charge in [0.2, 0.25) is 5.91 Å². The number of amides is 1. The van der Waals surface area contributed by atoms with Crippen molar-refractivity contribution in [3.05, 3.63) is 29.3 Å². The first-order valence-electron chi connectivity index (χ1n) is 6.97. The van der Waals surface area contributed by atoms with Crippen LogP contribution in [0.25, 0.3) is 0 Å². The average molecular weight is 369 g/mol. The SMILES string of the molecule is CS(=O)(=O)c1ccc2c(c1)CCCN2C(=O)CSc1nncs1. The molecule has 0 N–H and O–H groups in total. The molecule has 0 aliphatic carbocycles. The molecule has 1 aliphatic rings. The molecule has 2 heterocycles. The zero-order valence-corrected chi connectivity index (χ0v) is 14.9. The van der Waals surface area contributed by atoms with E-state index in [1.54, 1.807) is 28.6 Å². The molecule has 0 saturated carbocycles. The van der Waals surface area contributed by atoms with Crippen LogP contribution < -0.4 is 4.90 Å². The molecule has 0 bridgehead atoms. The molecule has 0 radical (unpaired) electrons. The number of carbonyl (C=O) groups is 1. The second-order valence-electron chi connectivity index (χ2n) is 5.20. The number of hydrogen-bond donors (Lipinski definition) is 0. The standard InChI is InChI=1S/C14H15N3O3S3/c1-23(19,20)11-4-5-12-10(7-11)3-2-6-17(12)13(18)8-21-14-16-15-9-22-14/h4-5,7,9H,2-3,6,8H2,1H3. The molecule has 0 atom stereocenters. The van der Waals surface area contributed by atoms with Crippen LogP contribution in [0.4, 0.5) is 5.69 Å². The van der Waals surface area contributed by atoms with Gasteiger partial charge in [0, 0.05) is 18.5 Å². The van der Waals surface area contributed by atoms with E-state index in [0.717, 1.165) is 28.4 Å². The number of thioether (sulfide) groups is 1. The normalized spacial score (nSPS) is 14.6. The summed E-state index contributed by atoms with van der Waals surface area (Å²) in [6, 6.07) is 4.98. The van der Waals surface area contributed by atoms with E-state index < -0.39 is 9.84 Å². The van der Waals surface area contributed by atoms with E-state index in [1.165, 1.54) is 29.4 Å². The highest BCUT2D eigenvalue weighted by atomic mass is 32.2. The van der Waals surface area contributed by atoms with Gasteiger partial charge in [0.1, 0.15) is 5.51 Å².